The Labute approximate surface area is 224 Å². The van der Waals surface area contributed by atoms with Crippen LogP contribution in [0.25, 0.3) is 10.9 Å². The maximum atomic E-state index is 11.7. The van der Waals surface area contributed by atoms with Crippen molar-refractivity contribution < 1.29 is 32.5 Å². The van der Waals surface area contributed by atoms with Crippen LogP contribution in [0.3, 0.4) is 0 Å². The average molecular weight is 560 g/mol. The third-order valence-corrected chi connectivity index (χ3v) is 8.92. The summed E-state index contributed by atoms with van der Waals surface area (Å²) in [5.74, 6) is 0.262. The van der Waals surface area contributed by atoms with Crippen LogP contribution < -0.4 is 9.47 Å². The van der Waals surface area contributed by atoms with Gasteiger partial charge in [-0.25, -0.2) is 13.4 Å². The first kappa shape index (κ1) is 26.5. The summed E-state index contributed by atoms with van der Waals surface area (Å²) in [6.07, 6.45) is 4.56. The molecule has 10 nitrogen and oxygen atoms in total. The molecule has 0 saturated carbocycles. The Morgan fingerprint density at radius 1 is 1.24 bits per heavy atom. The molecule has 2 unspecified atom stereocenters. The summed E-state index contributed by atoms with van der Waals surface area (Å²) in [5.41, 5.74) is 1.59. The number of pyridine rings is 1. The van der Waals surface area contributed by atoms with E-state index >= 15 is 0 Å². The van der Waals surface area contributed by atoms with Gasteiger partial charge in [0.1, 0.15) is 28.4 Å². The SMILES string of the molecule is CCC(C(=O)O)C1CN=C(c2cc3cc(Oc4ccc(S(C)(=O)=O)nc4)cc(OC4CCOCC4)c3[nH]2)S1. The normalized spacial score (nSPS) is 19.3. The number of carboxylic acid groups (broad SMARTS) is 1. The highest BCUT2D eigenvalue weighted by atomic mass is 32.2. The summed E-state index contributed by atoms with van der Waals surface area (Å²) >= 11 is 1.48. The fraction of sp³-hybridized carbons (Fsp3) is 0.423. The number of aromatic amines is 1. The molecule has 2 aliphatic heterocycles. The highest BCUT2D eigenvalue weighted by Gasteiger charge is 2.33. The minimum atomic E-state index is -3.41. The number of aliphatic imine (C=N–C) groups is 1. The van der Waals surface area contributed by atoms with Gasteiger partial charge in [0.25, 0.3) is 0 Å². The molecule has 1 fully saturated rings. The molecule has 5 rings (SSSR count). The lowest BCUT2D eigenvalue weighted by molar-refractivity contribution is -0.141. The van der Waals surface area contributed by atoms with Crippen molar-refractivity contribution in [1.82, 2.24) is 9.97 Å². The maximum absolute atomic E-state index is 11.7. The first-order valence-electron chi connectivity index (χ1n) is 12.4. The molecular formula is C26H29N3O7S2. The molecule has 1 aromatic carbocycles. The van der Waals surface area contributed by atoms with Crippen LogP contribution in [0.4, 0.5) is 0 Å². The molecule has 0 spiro atoms. The van der Waals surface area contributed by atoms with E-state index in [9.17, 15) is 18.3 Å². The largest absolute Gasteiger partial charge is 0.488 e. The van der Waals surface area contributed by atoms with E-state index in [2.05, 4.69) is 15.0 Å². The number of nitrogens with one attached hydrogen (secondary N) is 1. The Morgan fingerprint density at radius 2 is 2.03 bits per heavy atom. The van der Waals surface area contributed by atoms with Crippen LogP contribution in [0.15, 0.2) is 46.5 Å². The number of aliphatic carboxylic acids is 1. The summed E-state index contributed by atoms with van der Waals surface area (Å²) in [6.45, 7) is 3.60. The Balaban J connectivity index is 1.45. The van der Waals surface area contributed by atoms with Crippen LogP contribution >= 0.6 is 11.8 Å². The molecule has 0 amide bonds. The predicted molar refractivity (Wildman–Crippen MR) is 144 cm³/mol. The molecule has 0 bridgehead atoms. The van der Waals surface area contributed by atoms with E-state index in [1.165, 1.54) is 24.0 Å². The zero-order valence-electron chi connectivity index (χ0n) is 21.0. The molecular weight excluding hydrogens is 530 g/mol. The van der Waals surface area contributed by atoms with Gasteiger partial charge >= 0.3 is 5.97 Å². The van der Waals surface area contributed by atoms with E-state index in [0.717, 1.165) is 40.7 Å². The number of fused-ring (bicyclic) bond motifs is 1. The Hall–Kier alpha value is -3.09. The van der Waals surface area contributed by atoms with Crippen molar-refractivity contribution in [3.8, 4) is 17.2 Å². The standard InChI is InChI=1S/C26H29N3O7S2/c1-3-19(26(30)31)22-14-28-25(37-22)20-11-15-10-18(35-17-4-5-23(27-13-17)38(2,32)33)12-21(24(15)29-20)36-16-6-8-34-9-7-16/h4-5,10-13,16,19,22,29H,3,6-9,14H2,1-2H3,(H,30,31). The van der Waals surface area contributed by atoms with Crippen LogP contribution in [0.1, 0.15) is 31.9 Å². The molecule has 3 aromatic rings. The summed E-state index contributed by atoms with van der Waals surface area (Å²) in [4.78, 5) is 23.7. The van der Waals surface area contributed by atoms with Gasteiger partial charge in [-0.2, -0.15) is 0 Å². The van der Waals surface area contributed by atoms with Gasteiger partial charge in [-0.05, 0) is 30.7 Å². The van der Waals surface area contributed by atoms with E-state index in [0.29, 0.717) is 43.4 Å². The summed E-state index contributed by atoms with van der Waals surface area (Å²) in [7, 11) is -3.41. The molecule has 2 N–H and O–H groups in total. The summed E-state index contributed by atoms with van der Waals surface area (Å²) < 4.78 is 41.3. The van der Waals surface area contributed by atoms with E-state index in [1.807, 2.05) is 19.1 Å². The van der Waals surface area contributed by atoms with E-state index < -0.39 is 21.7 Å². The molecule has 1 saturated heterocycles. The molecule has 0 aliphatic carbocycles. The maximum Gasteiger partial charge on any atom is 0.307 e. The third kappa shape index (κ3) is 5.82. The highest BCUT2D eigenvalue weighted by Crippen LogP contribution is 2.38. The number of hydrogen-bond acceptors (Lipinski definition) is 9. The number of sulfone groups is 1. The van der Waals surface area contributed by atoms with E-state index in [1.54, 1.807) is 12.1 Å². The second-order valence-electron chi connectivity index (χ2n) is 9.36. The zero-order valence-corrected chi connectivity index (χ0v) is 22.7. The minimum absolute atomic E-state index is 0.00637. The number of aromatic nitrogens is 2. The van der Waals surface area contributed by atoms with Crippen molar-refractivity contribution in [3.05, 3.63) is 42.2 Å². The number of rotatable bonds is 9. The molecule has 12 heteroatoms. The topological polar surface area (TPSA) is 140 Å². The van der Waals surface area contributed by atoms with Crippen LogP contribution in [0.5, 0.6) is 17.2 Å². The predicted octanol–water partition coefficient (Wildman–Crippen LogP) is 4.29. The third-order valence-electron chi connectivity index (χ3n) is 6.57. The quantitative estimate of drug-likeness (QED) is 0.393. The Kier molecular flexibility index (Phi) is 7.64. The first-order valence-corrected chi connectivity index (χ1v) is 15.2. The van der Waals surface area contributed by atoms with Gasteiger partial charge in [0.15, 0.2) is 14.9 Å². The van der Waals surface area contributed by atoms with E-state index in [4.69, 9.17) is 14.2 Å². The number of nitrogens with zero attached hydrogens (tertiary/aromatic N) is 2. The lowest BCUT2D eigenvalue weighted by Gasteiger charge is -2.24. The van der Waals surface area contributed by atoms with Gasteiger partial charge in [0, 0.05) is 35.8 Å². The number of carbonyl (C=O) groups is 1. The van der Waals surface area contributed by atoms with Crippen LogP contribution in [-0.4, -0.2) is 71.9 Å². The van der Waals surface area contributed by atoms with Crippen LogP contribution in [0, 0.1) is 5.92 Å². The van der Waals surface area contributed by atoms with Gasteiger partial charge in [0.2, 0.25) is 0 Å². The molecule has 2 aliphatic rings. The van der Waals surface area contributed by atoms with E-state index in [-0.39, 0.29) is 16.4 Å². The lowest BCUT2D eigenvalue weighted by atomic mass is 10.0. The fourth-order valence-corrected chi connectivity index (χ4v) is 6.41. The summed E-state index contributed by atoms with van der Waals surface area (Å²) in [5, 5.41) is 11.0. The van der Waals surface area contributed by atoms with Gasteiger partial charge in [-0.1, -0.05) is 18.7 Å². The van der Waals surface area contributed by atoms with Crippen molar-refractivity contribution in [2.24, 2.45) is 10.9 Å². The second-order valence-corrected chi connectivity index (χ2v) is 12.6. The number of hydrogen-bond donors (Lipinski definition) is 2. The lowest BCUT2D eigenvalue weighted by Crippen LogP contribution is -2.26. The van der Waals surface area contributed by atoms with Crippen LogP contribution in [0.2, 0.25) is 0 Å². The Bertz CT molecular complexity index is 1460. The van der Waals surface area contributed by atoms with Gasteiger partial charge < -0.3 is 24.3 Å². The fourth-order valence-electron chi connectivity index (χ4n) is 4.55. The van der Waals surface area contributed by atoms with Crippen molar-refractivity contribution in [2.45, 2.75) is 42.6 Å². The number of carboxylic acids is 1. The zero-order chi connectivity index (χ0) is 26.9. The molecule has 0 radical (unpaired) electrons. The van der Waals surface area contributed by atoms with Crippen molar-refractivity contribution >= 4 is 43.5 Å². The molecule has 4 heterocycles. The van der Waals surface area contributed by atoms with Crippen molar-refractivity contribution in [3.63, 3.8) is 0 Å². The first-order chi connectivity index (χ1) is 18.2. The number of thioether (sulfide) groups is 1. The van der Waals surface area contributed by atoms with Crippen molar-refractivity contribution in [2.75, 3.05) is 26.0 Å². The number of ether oxygens (including phenoxy) is 3. The highest BCUT2D eigenvalue weighted by molar-refractivity contribution is 8.15. The van der Waals surface area contributed by atoms with Crippen molar-refractivity contribution in [1.29, 1.82) is 0 Å². The minimum Gasteiger partial charge on any atom is -0.488 e. The molecule has 202 valence electrons. The molecule has 2 aromatic heterocycles. The van der Waals surface area contributed by atoms with Gasteiger partial charge in [0.05, 0.1) is 43.1 Å². The second kappa shape index (κ2) is 11.0. The number of benzene rings is 1. The molecule has 2 atom stereocenters. The Morgan fingerprint density at radius 3 is 2.68 bits per heavy atom. The smallest absolute Gasteiger partial charge is 0.307 e. The monoisotopic (exact) mass is 559 g/mol. The summed E-state index contributed by atoms with van der Waals surface area (Å²) in [6, 6.07) is 8.59. The van der Waals surface area contributed by atoms with Crippen LogP contribution in [-0.2, 0) is 19.4 Å². The van der Waals surface area contributed by atoms with Gasteiger partial charge in [-0.15, -0.1) is 0 Å². The average Bonchev–Trinajstić information content (AvgIpc) is 3.52. The van der Waals surface area contributed by atoms with Gasteiger partial charge in [-0.3, -0.25) is 9.79 Å². The molecule has 38 heavy (non-hydrogen) atoms. The number of H-pyrrole nitrogens is 1.